The smallest absolute Gasteiger partial charge is 0.0271 e. The highest BCUT2D eigenvalue weighted by molar-refractivity contribution is 5.09. The fraction of sp³-hybridized carbons (Fsp3) is 0.722. The van der Waals surface area contributed by atoms with Crippen LogP contribution in [0.25, 0.3) is 0 Å². The van der Waals surface area contributed by atoms with Crippen molar-refractivity contribution in [2.24, 2.45) is 5.41 Å². The third kappa shape index (κ3) is 6.15. The summed E-state index contributed by atoms with van der Waals surface area (Å²) < 4.78 is 0. The number of hydrogen-bond donors (Lipinski definition) is 1. The van der Waals surface area contributed by atoms with Gasteiger partial charge in [-0.2, -0.15) is 0 Å². The molecule has 1 rings (SSSR count). The van der Waals surface area contributed by atoms with Crippen molar-refractivity contribution in [3.63, 3.8) is 0 Å². The van der Waals surface area contributed by atoms with Crippen molar-refractivity contribution in [2.75, 3.05) is 19.6 Å². The third-order valence-electron chi connectivity index (χ3n) is 4.55. The van der Waals surface area contributed by atoms with Gasteiger partial charge >= 0.3 is 0 Å². The molecule has 1 N–H and O–H groups in total. The molecular weight excluding hydrogens is 258 g/mol. The molecule has 1 heterocycles. The Hall–Kier alpha value is -0.930. The van der Waals surface area contributed by atoms with Crippen molar-refractivity contribution < 1.29 is 0 Å². The summed E-state index contributed by atoms with van der Waals surface area (Å²) in [6.07, 6.45) is 6.21. The van der Waals surface area contributed by atoms with Crippen LogP contribution >= 0.6 is 0 Å². The average Bonchev–Trinajstić information content (AvgIpc) is 2.51. The zero-order chi connectivity index (χ0) is 15.7. The first-order chi connectivity index (χ1) is 10.0. The highest BCUT2D eigenvalue weighted by atomic mass is 15.1. The van der Waals surface area contributed by atoms with Gasteiger partial charge in [-0.1, -0.05) is 34.6 Å². The number of aromatic nitrogens is 1. The SMILES string of the molecule is CCN(Cc1ccncc1)CC(CC)(CC)CNC(C)C. The fourth-order valence-corrected chi connectivity index (χ4v) is 2.70. The van der Waals surface area contributed by atoms with Gasteiger partial charge in [0, 0.05) is 38.1 Å². The van der Waals surface area contributed by atoms with E-state index in [9.17, 15) is 0 Å². The fourth-order valence-electron chi connectivity index (χ4n) is 2.70. The maximum absolute atomic E-state index is 4.11. The molecule has 3 nitrogen and oxygen atoms in total. The van der Waals surface area contributed by atoms with Crippen LogP contribution in [-0.2, 0) is 6.54 Å². The maximum atomic E-state index is 4.11. The van der Waals surface area contributed by atoms with E-state index in [-0.39, 0.29) is 0 Å². The quantitative estimate of drug-likeness (QED) is 0.712. The number of pyridine rings is 1. The van der Waals surface area contributed by atoms with Gasteiger partial charge in [-0.05, 0) is 42.5 Å². The van der Waals surface area contributed by atoms with Gasteiger partial charge in [0.15, 0.2) is 0 Å². The molecule has 3 heteroatoms. The van der Waals surface area contributed by atoms with Gasteiger partial charge in [-0.3, -0.25) is 9.88 Å². The Morgan fingerprint density at radius 2 is 1.76 bits per heavy atom. The first-order valence-electron chi connectivity index (χ1n) is 8.40. The van der Waals surface area contributed by atoms with Crippen LogP contribution in [-0.4, -0.2) is 35.6 Å². The Labute approximate surface area is 131 Å². The Balaban J connectivity index is 2.69. The van der Waals surface area contributed by atoms with Crippen LogP contribution in [0.4, 0.5) is 0 Å². The predicted octanol–water partition coefficient (Wildman–Crippen LogP) is 3.71. The highest BCUT2D eigenvalue weighted by Gasteiger charge is 2.28. The lowest BCUT2D eigenvalue weighted by Gasteiger charge is -2.38. The van der Waals surface area contributed by atoms with Gasteiger partial charge in [0.25, 0.3) is 0 Å². The molecule has 0 aliphatic carbocycles. The standard InChI is InChI=1S/C18H33N3/c1-6-18(7-2,14-20-16(4)5)15-21(8-3)13-17-9-11-19-12-10-17/h9-12,16,20H,6-8,13-15H2,1-5H3. The molecule has 0 amide bonds. The minimum Gasteiger partial charge on any atom is -0.314 e. The topological polar surface area (TPSA) is 28.2 Å². The first-order valence-corrected chi connectivity index (χ1v) is 8.40. The maximum Gasteiger partial charge on any atom is 0.0271 e. The lowest BCUT2D eigenvalue weighted by atomic mass is 9.81. The highest BCUT2D eigenvalue weighted by Crippen LogP contribution is 2.27. The summed E-state index contributed by atoms with van der Waals surface area (Å²) in [6.45, 7) is 15.7. The van der Waals surface area contributed by atoms with Crippen LogP contribution < -0.4 is 5.32 Å². The second kappa shape index (κ2) is 9.16. The summed E-state index contributed by atoms with van der Waals surface area (Å²) in [5.41, 5.74) is 1.72. The van der Waals surface area contributed by atoms with Gasteiger partial charge in [0.2, 0.25) is 0 Å². The summed E-state index contributed by atoms with van der Waals surface area (Å²) >= 11 is 0. The zero-order valence-electron chi connectivity index (χ0n) is 14.5. The van der Waals surface area contributed by atoms with Gasteiger partial charge in [0.1, 0.15) is 0 Å². The lowest BCUT2D eigenvalue weighted by molar-refractivity contribution is 0.131. The van der Waals surface area contributed by atoms with Crippen molar-refractivity contribution in [1.82, 2.24) is 15.2 Å². The number of nitrogens with zero attached hydrogens (tertiary/aromatic N) is 2. The Bertz CT molecular complexity index is 371. The molecule has 0 saturated carbocycles. The van der Waals surface area contributed by atoms with Crippen molar-refractivity contribution >= 4 is 0 Å². The Morgan fingerprint density at radius 1 is 1.14 bits per heavy atom. The number of nitrogens with one attached hydrogen (secondary N) is 1. The van der Waals surface area contributed by atoms with E-state index in [1.54, 1.807) is 0 Å². The average molecular weight is 291 g/mol. The van der Waals surface area contributed by atoms with Crippen molar-refractivity contribution in [3.05, 3.63) is 30.1 Å². The van der Waals surface area contributed by atoms with Crippen molar-refractivity contribution in [2.45, 2.75) is 60.0 Å². The molecule has 0 aromatic carbocycles. The molecule has 0 fully saturated rings. The largest absolute Gasteiger partial charge is 0.314 e. The Kier molecular flexibility index (Phi) is 7.91. The molecule has 0 aliphatic heterocycles. The second-order valence-corrected chi connectivity index (χ2v) is 6.40. The molecule has 0 bridgehead atoms. The molecule has 0 atom stereocenters. The van der Waals surface area contributed by atoms with E-state index in [4.69, 9.17) is 0 Å². The lowest BCUT2D eigenvalue weighted by Crippen LogP contribution is -2.45. The monoisotopic (exact) mass is 291 g/mol. The molecule has 0 aliphatic rings. The van der Waals surface area contributed by atoms with Crippen LogP contribution in [0.3, 0.4) is 0 Å². The zero-order valence-corrected chi connectivity index (χ0v) is 14.5. The van der Waals surface area contributed by atoms with E-state index < -0.39 is 0 Å². The van der Waals surface area contributed by atoms with Gasteiger partial charge in [-0.15, -0.1) is 0 Å². The van der Waals surface area contributed by atoms with Gasteiger partial charge in [-0.25, -0.2) is 0 Å². The summed E-state index contributed by atoms with van der Waals surface area (Å²) in [5, 5.41) is 3.64. The molecule has 21 heavy (non-hydrogen) atoms. The molecule has 0 radical (unpaired) electrons. The van der Waals surface area contributed by atoms with E-state index in [0.29, 0.717) is 11.5 Å². The summed E-state index contributed by atoms with van der Waals surface area (Å²) in [7, 11) is 0. The Morgan fingerprint density at radius 3 is 2.24 bits per heavy atom. The van der Waals surface area contributed by atoms with Crippen molar-refractivity contribution in [3.8, 4) is 0 Å². The minimum absolute atomic E-state index is 0.368. The van der Waals surface area contributed by atoms with E-state index in [1.165, 1.54) is 18.4 Å². The minimum atomic E-state index is 0.368. The molecule has 0 spiro atoms. The van der Waals surface area contributed by atoms with E-state index in [2.05, 4.69) is 62.0 Å². The molecule has 120 valence electrons. The normalized spacial score (nSPS) is 12.3. The van der Waals surface area contributed by atoms with Crippen LogP contribution in [0.5, 0.6) is 0 Å². The van der Waals surface area contributed by atoms with Crippen LogP contribution in [0.1, 0.15) is 53.0 Å². The third-order valence-corrected chi connectivity index (χ3v) is 4.55. The number of hydrogen-bond acceptors (Lipinski definition) is 3. The molecule has 1 aromatic heterocycles. The van der Waals surface area contributed by atoms with E-state index in [0.717, 1.165) is 26.2 Å². The molecular formula is C18H33N3. The van der Waals surface area contributed by atoms with Gasteiger partial charge < -0.3 is 5.32 Å². The molecule has 0 unspecified atom stereocenters. The molecule has 1 aromatic rings. The van der Waals surface area contributed by atoms with E-state index in [1.807, 2.05) is 12.4 Å². The first kappa shape index (κ1) is 18.1. The summed E-state index contributed by atoms with van der Waals surface area (Å²) in [5.74, 6) is 0. The summed E-state index contributed by atoms with van der Waals surface area (Å²) in [4.78, 5) is 6.67. The van der Waals surface area contributed by atoms with Crippen LogP contribution in [0.2, 0.25) is 0 Å². The van der Waals surface area contributed by atoms with Crippen LogP contribution in [0, 0.1) is 5.41 Å². The number of rotatable bonds is 10. The summed E-state index contributed by atoms with van der Waals surface area (Å²) in [6, 6.07) is 4.79. The molecule has 0 saturated heterocycles. The second-order valence-electron chi connectivity index (χ2n) is 6.40. The van der Waals surface area contributed by atoms with Crippen LogP contribution in [0.15, 0.2) is 24.5 Å². The van der Waals surface area contributed by atoms with Gasteiger partial charge in [0.05, 0.1) is 0 Å². The van der Waals surface area contributed by atoms with Crippen molar-refractivity contribution in [1.29, 1.82) is 0 Å². The predicted molar refractivity (Wildman–Crippen MR) is 91.3 cm³/mol. The van der Waals surface area contributed by atoms with E-state index >= 15 is 0 Å².